The number of aryl methyl sites for hydroxylation is 1. The fraction of sp³-hybridized carbons (Fsp3) is 0.188. The van der Waals surface area contributed by atoms with E-state index >= 15 is 0 Å². The highest BCUT2D eigenvalue weighted by molar-refractivity contribution is 7.85. The van der Waals surface area contributed by atoms with Gasteiger partial charge in [0.2, 0.25) is 5.91 Å². The molecular formula is C16H16ClNO2S. The summed E-state index contributed by atoms with van der Waals surface area (Å²) in [6.45, 7) is 1.45. The Kier molecular flexibility index (Phi) is 5.53. The first-order chi connectivity index (χ1) is 10.1. The molecule has 0 heterocycles. The number of carbonyl (C=O) groups excluding carboxylic acids is 1. The molecule has 1 atom stereocenters. The Morgan fingerprint density at radius 2 is 1.81 bits per heavy atom. The molecule has 110 valence electrons. The molecule has 0 fully saturated rings. The van der Waals surface area contributed by atoms with Crippen molar-refractivity contribution in [2.45, 2.75) is 18.2 Å². The van der Waals surface area contributed by atoms with E-state index < -0.39 is 10.8 Å². The zero-order chi connectivity index (χ0) is 15.2. The molecule has 0 bridgehead atoms. The van der Waals surface area contributed by atoms with Crippen LogP contribution in [0, 0.1) is 0 Å². The van der Waals surface area contributed by atoms with Crippen LogP contribution in [0.2, 0.25) is 5.02 Å². The van der Waals surface area contributed by atoms with Gasteiger partial charge in [-0.3, -0.25) is 9.00 Å². The van der Waals surface area contributed by atoms with Gasteiger partial charge in [0.15, 0.2) is 0 Å². The minimum Gasteiger partial charge on any atom is -0.326 e. The number of benzene rings is 2. The van der Waals surface area contributed by atoms with Crippen LogP contribution in [0.5, 0.6) is 0 Å². The van der Waals surface area contributed by atoms with Crippen molar-refractivity contribution in [2.24, 2.45) is 0 Å². The van der Waals surface area contributed by atoms with Crippen LogP contribution in [-0.2, 0) is 22.0 Å². The normalized spacial score (nSPS) is 11.9. The molecule has 5 heteroatoms. The number of hydrogen-bond donors (Lipinski definition) is 1. The zero-order valence-corrected chi connectivity index (χ0v) is 13.2. The summed E-state index contributed by atoms with van der Waals surface area (Å²) >= 11 is 6.08. The Labute approximate surface area is 131 Å². The lowest BCUT2D eigenvalue weighted by Gasteiger charge is -2.06. The maximum absolute atomic E-state index is 12.2. The third-order valence-electron chi connectivity index (χ3n) is 2.95. The number of halogens is 1. The highest BCUT2D eigenvalue weighted by atomic mass is 35.5. The van der Waals surface area contributed by atoms with Crippen LogP contribution < -0.4 is 5.32 Å². The Balaban J connectivity index is 1.97. The molecule has 0 saturated heterocycles. The Morgan fingerprint density at radius 3 is 2.43 bits per heavy atom. The molecule has 0 aliphatic heterocycles. The van der Waals surface area contributed by atoms with Gasteiger partial charge in [-0.25, -0.2) is 0 Å². The van der Waals surface area contributed by atoms with Gasteiger partial charge in [0, 0.05) is 28.3 Å². The van der Waals surface area contributed by atoms with Crippen molar-refractivity contribution < 1.29 is 9.00 Å². The van der Waals surface area contributed by atoms with Gasteiger partial charge in [-0.05, 0) is 42.3 Å². The zero-order valence-electron chi connectivity index (χ0n) is 11.6. The summed E-state index contributed by atoms with van der Waals surface area (Å²) in [5.74, 6) is 0.394. The first-order valence-electron chi connectivity index (χ1n) is 6.55. The highest BCUT2D eigenvalue weighted by Crippen LogP contribution is 2.18. The molecule has 2 rings (SSSR count). The summed E-state index contributed by atoms with van der Waals surface area (Å²) < 4.78 is 12.2. The molecule has 0 aliphatic rings. The van der Waals surface area contributed by atoms with Gasteiger partial charge in [0.25, 0.3) is 0 Å². The van der Waals surface area contributed by atoms with E-state index in [1.54, 1.807) is 24.3 Å². The van der Waals surface area contributed by atoms with Gasteiger partial charge < -0.3 is 5.32 Å². The maximum atomic E-state index is 12.2. The second-order valence-corrected chi connectivity index (χ2v) is 6.57. The summed E-state index contributed by atoms with van der Waals surface area (Å²) in [7, 11) is -1.08. The monoisotopic (exact) mass is 321 g/mol. The fourth-order valence-electron chi connectivity index (χ4n) is 1.91. The first kappa shape index (κ1) is 15.7. The molecule has 1 amide bonds. The van der Waals surface area contributed by atoms with E-state index in [1.165, 1.54) is 6.92 Å². The van der Waals surface area contributed by atoms with E-state index in [2.05, 4.69) is 5.32 Å². The molecule has 3 nitrogen and oxygen atoms in total. The fourth-order valence-corrected chi connectivity index (χ4v) is 3.23. The van der Waals surface area contributed by atoms with Crippen LogP contribution in [0.15, 0.2) is 53.4 Å². The third kappa shape index (κ3) is 4.69. The molecule has 0 spiro atoms. The number of anilines is 1. The molecule has 1 unspecified atom stereocenters. The molecule has 0 aromatic heterocycles. The topological polar surface area (TPSA) is 46.2 Å². The van der Waals surface area contributed by atoms with Gasteiger partial charge >= 0.3 is 0 Å². The van der Waals surface area contributed by atoms with E-state index in [-0.39, 0.29) is 5.91 Å². The molecule has 0 saturated carbocycles. The lowest BCUT2D eigenvalue weighted by molar-refractivity contribution is -0.114. The largest absolute Gasteiger partial charge is 0.326 e. The number of carbonyl (C=O) groups is 1. The lowest BCUT2D eigenvalue weighted by atomic mass is 10.2. The van der Waals surface area contributed by atoms with Crippen LogP contribution >= 0.6 is 11.6 Å². The van der Waals surface area contributed by atoms with Crippen molar-refractivity contribution >= 4 is 34.0 Å². The number of amides is 1. The molecule has 0 radical (unpaired) electrons. The second-order valence-electron chi connectivity index (χ2n) is 4.60. The van der Waals surface area contributed by atoms with Crippen LogP contribution in [0.3, 0.4) is 0 Å². The molecular weight excluding hydrogens is 306 g/mol. The third-order valence-corrected chi connectivity index (χ3v) is 4.69. The summed E-state index contributed by atoms with van der Waals surface area (Å²) in [6.07, 6.45) is 0.666. The van der Waals surface area contributed by atoms with Crippen LogP contribution in [0.1, 0.15) is 12.5 Å². The van der Waals surface area contributed by atoms with Crippen molar-refractivity contribution in [2.75, 3.05) is 11.1 Å². The SMILES string of the molecule is CC(=O)Nc1ccc(S(=O)CCc2ccccc2Cl)cc1. The summed E-state index contributed by atoms with van der Waals surface area (Å²) in [5.41, 5.74) is 1.71. The Bertz CT molecular complexity index is 656. The van der Waals surface area contributed by atoms with Crippen molar-refractivity contribution in [1.29, 1.82) is 0 Å². The summed E-state index contributed by atoms with van der Waals surface area (Å²) in [6, 6.07) is 14.6. The average molecular weight is 322 g/mol. The quantitative estimate of drug-likeness (QED) is 0.913. The van der Waals surface area contributed by atoms with Gasteiger partial charge in [-0.15, -0.1) is 0 Å². The molecule has 21 heavy (non-hydrogen) atoms. The van der Waals surface area contributed by atoms with Gasteiger partial charge in [-0.1, -0.05) is 29.8 Å². The Hall–Kier alpha value is -1.65. The lowest BCUT2D eigenvalue weighted by Crippen LogP contribution is -2.06. The molecule has 2 aromatic rings. The van der Waals surface area contributed by atoms with Crippen LogP contribution in [-0.4, -0.2) is 15.9 Å². The van der Waals surface area contributed by atoms with E-state index in [9.17, 15) is 9.00 Å². The standard InChI is InChI=1S/C16H16ClNO2S/c1-12(19)18-14-6-8-15(9-7-14)21(20)11-10-13-4-2-3-5-16(13)17/h2-9H,10-11H2,1H3,(H,18,19). The van der Waals surface area contributed by atoms with Crippen LogP contribution in [0.25, 0.3) is 0 Å². The Morgan fingerprint density at radius 1 is 1.14 bits per heavy atom. The van der Waals surface area contributed by atoms with Crippen molar-refractivity contribution in [3.8, 4) is 0 Å². The minimum absolute atomic E-state index is 0.123. The first-order valence-corrected chi connectivity index (χ1v) is 8.25. The van der Waals surface area contributed by atoms with Gasteiger partial charge in [0.1, 0.15) is 0 Å². The van der Waals surface area contributed by atoms with Gasteiger partial charge in [-0.2, -0.15) is 0 Å². The average Bonchev–Trinajstić information content (AvgIpc) is 2.46. The number of nitrogens with one attached hydrogen (secondary N) is 1. The predicted octanol–water partition coefficient (Wildman–Crippen LogP) is 3.65. The second kappa shape index (κ2) is 7.38. The minimum atomic E-state index is -1.08. The van der Waals surface area contributed by atoms with E-state index in [1.807, 2.05) is 24.3 Å². The summed E-state index contributed by atoms with van der Waals surface area (Å²) in [4.78, 5) is 11.7. The smallest absolute Gasteiger partial charge is 0.221 e. The molecule has 2 aromatic carbocycles. The maximum Gasteiger partial charge on any atom is 0.221 e. The van der Waals surface area contributed by atoms with Crippen molar-refractivity contribution in [3.05, 3.63) is 59.1 Å². The van der Waals surface area contributed by atoms with E-state index in [0.717, 1.165) is 10.5 Å². The number of rotatable bonds is 5. The molecule has 1 N–H and O–H groups in total. The van der Waals surface area contributed by atoms with E-state index in [4.69, 9.17) is 11.6 Å². The number of hydrogen-bond acceptors (Lipinski definition) is 2. The van der Waals surface area contributed by atoms with E-state index in [0.29, 0.717) is 22.9 Å². The van der Waals surface area contributed by atoms with Crippen molar-refractivity contribution in [1.82, 2.24) is 0 Å². The molecule has 0 aliphatic carbocycles. The summed E-state index contributed by atoms with van der Waals surface area (Å²) in [5, 5.41) is 3.39. The van der Waals surface area contributed by atoms with Gasteiger partial charge in [0.05, 0.1) is 10.8 Å². The van der Waals surface area contributed by atoms with Crippen molar-refractivity contribution in [3.63, 3.8) is 0 Å². The van der Waals surface area contributed by atoms with Crippen LogP contribution in [0.4, 0.5) is 5.69 Å². The highest BCUT2D eigenvalue weighted by Gasteiger charge is 2.06. The predicted molar refractivity (Wildman–Crippen MR) is 87.2 cm³/mol.